The second kappa shape index (κ2) is 22.3. The van der Waals surface area contributed by atoms with Crippen LogP contribution in [0.5, 0.6) is 0 Å². The Kier molecular flexibility index (Phi) is 17.8. The van der Waals surface area contributed by atoms with E-state index < -0.39 is 59.3 Å². The number of rotatable bonds is 7. The molecule has 4 N–H and O–H groups in total. The molecule has 2 saturated carbocycles. The molecule has 2 unspecified atom stereocenters. The summed E-state index contributed by atoms with van der Waals surface area (Å²) in [5.41, 5.74) is 1.53. The topological polar surface area (TPSA) is 194 Å². The minimum atomic E-state index is -1.02. The Hall–Kier alpha value is -5.35. The van der Waals surface area contributed by atoms with Crippen LogP contribution < -0.4 is 26.2 Å². The molecule has 344 valence electrons. The number of benzene rings is 2. The van der Waals surface area contributed by atoms with Gasteiger partial charge in [-0.3, -0.25) is 58.8 Å². The molecule has 8 rings (SSSR count). The third-order valence-electron chi connectivity index (χ3n) is 13.1. The second-order valence-corrected chi connectivity index (χ2v) is 16.7. The van der Waals surface area contributed by atoms with Crippen molar-refractivity contribution >= 4 is 52.9 Å². The number of nitrogens with zero attached hydrogens (tertiary/aromatic N) is 3. The lowest BCUT2D eigenvalue weighted by atomic mass is 9.92. The molecule has 4 aliphatic heterocycles. The minimum absolute atomic E-state index is 0. The smallest absolute Gasteiger partial charge is 0.262 e. The molecule has 2 aromatic rings. The number of carbonyl (C=O) groups is 8. The highest BCUT2D eigenvalue weighted by Crippen LogP contribution is 2.33. The molecule has 0 aromatic heterocycles. The third-order valence-corrected chi connectivity index (χ3v) is 13.1. The summed E-state index contributed by atoms with van der Waals surface area (Å²) in [5, 5.41) is 11.2. The van der Waals surface area contributed by atoms with Gasteiger partial charge in [0.05, 0.1) is 22.3 Å². The molecule has 6 aliphatic rings. The number of piperidine rings is 2. The Morgan fingerprint density at radius 1 is 0.603 bits per heavy atom. The number of hydrogen-bond acceptors (Lipinski definition) is 11. The number of likely N-dealkylation sites (N-methyl/N-ethyl adjacent to an activating group) is 2. The SMILES string of the molecule is C.C.CC[C@H]1CCCCC[C@@H]1NC.CN[C@H]1CCCCC[C@@H]1N(C)c1ccc2c(c1)C(=O)N(C1CCC(=O)NC1=O)C2=O.O=C1CCC(N2C(=O)c3ccc(F)cc3C2=O)C(=O)N1. The highest BCUT2D eigenvalue weighted by molar-refractivity contribution is 6.24. The normalized spacial score (nSPS) is 25.7. The fraction of sp³-hybridized carbons (Fsp3) is 0.574. The maximum Gasteiger partial charge on any atom is 0.262 e. The van der Waals surface area contributed by atoms with Gasteiger partial charge in [0.1, 0.15) is 17.9 Å². The van der Waals surface area contributed by atoms with Gasteiger partial charge in [0.2, 0.25) is 23.6 Å². The van der Waals surface area contributed by atoms with E-state index in [0.29, 0.717) is 23.2 Å². The first kappa shape index (κ1) is 50.3. The Balaban J connectivity index is 0.000000227. The van der Waals surface area contributed by atoms with Gasteiger partial charge in [-0.2, -0.15) is 0 Å². The van der Waals surface area contributed by atoms with Crippen LogP contribution in [0.3, 0.4) is 0 Å². The maximum absolute atomic E-state index is 13.2. The van der Waals surface area contributed by atoms with Crippen LogP contribution in [-0.2, 0) is 19.2 Å². The van der Waals surface area contributed by atoms with Crippen molar-refractivity contribution in [1.29, 1.82) is 0 Å². The van der Waals surface area contributed by atoms with Crippen molar-refractivity contribution in [2.75, 3.05) is 26.0 Å². The summed E-state index contributed by atoms with van der Waals surface area (Å²) < 4.78 is 13.2. The Labute approximate surface area is 370 Å². The molecular weight excluding hydrogens is 810 g/mol. The average Bonchev–Trinajstić information content (AvgIpc) is 3.45. The van der Waals surface area contributed by atoms with Crippen LogP contribution in [0, 0.1) is 11.7 Å². The van der Waals surface area contributed by atoms with Crippen molar-refractivity contribution in [3.05, 3.63) is 64.5 Å². The Morgan fingerprint density at radius 3 is 1.57 bits per heavy atom. The van der Waals surface area contributed by atoms with Crippen LogP contribution in [0.15, 0.2) is 36.4 Å². The average molecular weight is 876 g/mol. The highest BCUT2D eigenvalue weighted by atomic mass is 19.1. The second-order valence-electron chi connectivity index (χ2n) is 16.7. The van der Waals surface area contributed by atoms with Crippen LogP contribution in [0.1, 0.15) is 160 Å². The molecule has 4 heterocycles. The summed E-state index contributed by atoms with van der Waals surface area (Å²) in [6.07, 6.45) is 14.7. The standard InChI is InChI=1S/C22H28N4O4.C13H9FN2O4.C10H21N.2CH4/c1-23-16-6-4-3-5-7-17(16)25(2)13-8-9-14-15(12-13)22(30)26(21(14)29)18-10-11-19(27)24-20(18)28;14-6-1-2-7-8(5-6)13(20)16(12(7)19)9-3-4-10(17)15-11(9)18;1-3-9-7-5-4-6-8-10(9)11-2;;/h8-9,12,16-18,23H,3-7,10-11H2,1-2H3,(H,24,27,28);1-2,5,9H,3-4H2,(H,15,17,18);9-11H,3-8H2,1-2H3;2*1H4/t16-,17-,18?;;9-,10-;;/m0.0../s1. The van der Waals surface area contributed by atoms with Gasteiger partial charge in [-0.15, -0.1) is 0 Å². The van der Waals surface area contributed by atoms with Crippen LogP contribution in [-0.4, -0.2) is 108 Å². The Bertz CT molecular complexity index is 2050. The van der Waals surface area contributed by atoms with Crippen molar-refractivity contribution in [2.45, 2.75) is 148 Å². The van der Waals surface area contributed by atoms with E-state index in [1.165, 1.54) is 63.9 Å². The van der Waals surface area contributed by atoms with Gasteiger partial charge in [-0.05, 0) is 94.9 Å². The third kappa shape index (κ3) is 10.9. The monoisotopic (exact) mass is 875 g/mol. The molecule has 63 heavy (non-hydrogen) atoms. The van der Waals surface area contributed by atoms with E-state index in [4.69, 9.17) is 0 Å². The lowest BCUT2D eigenvalue weighted by molar-refractivity contribution is -0.137. The summed E-state index contributed by atoms with van der Waals surface area (Å²) in [6, 6.07) is 8.10. The van der Waals surface area contributed by atoms with Gasteiger partial charge in [-0.1, -0.05) is 66.7 Å². The highest BCUT2D eigenvalue weighted by Gasteiger charge is 2.46. The van der Waals surface area contributed by atoms with E-state index >= 15 is 0 Å². The first-order valence-corrected chi connectivity index (χ1v) is 21.7. The van der Waals surface area contributed by atoms with Gasteiger partial charge in [-0.25, -0.2) is 4.39 Å². The maximum atomic E-state index is 13.2. The summed E-state index contributed by atoms with van der Waals surface area (Å²) in [7, 11) is 6.12. The molecule has 8 amide bonds. The fourth-order valence-electron chi connectivity index (χ4n) is 9.65. The van der Waals surface area contributed by atoms with Gasteiger partial charge >= 0.3 is 0 Å². The number of imide groups is 4. The van der Waals surface area contributed by atoms with Gasteiger partial charge < -0.3 is 15.5 Å². The van der Waals surface area contributed by atoms with Gasteiger partial charge in [0, 0.05) is 43.7 Å². The molecule has 16 heteroatoms. The van der Waals surface area contributed by atoms with E-state index in [2.05, 4.69) is 40.1 Å². The first-order chi connectivity index (χ1) is 29.3. The molecule has 15 nitrogen and oxygen atoms in total. The largest absolute Gasteiger partial charge is 0.370 e. The number of fused-ring (bicyclic) bond motifs is 2. The predicted octanol–water partition coefficient (Wildman–Crippen LogP) is 5.51. The molecule has 4 fully saturated rings. The quantitative estimate of drug-likeness (QED) is 0.203. The lowest BCUT2D eigenvalue weighted by Gasteiger charge is -2.35. The summed E-state index contributed by atoms with van der Waals surface area (Å²) >= 11 is 0. The summed E-state index contributed by atoms with van der Waals surface area (Å²) in [5.74, 6) is -4.05. The number of amides is 8. The van der Waals surface area contributed by atoms with E-state index in [9.17, 15) is 42.7 Å². The van der Waals surface area contributed by atoms with Crippen molar-refractivity contribution in [1.82, 2.24) is 31.1 Å². The molecule has 2 aromatic carbocycles. The Morgan fingerprint density at radius 2 is 1.06 bits per heavy atom. The minimum Gasteiger partial charge on any atom is -0.370 e. The van der Waals surface area contributed by atoms with E-state index in [1.54, 1.807) is 12.1 Å². The lowest BCUT2D eigenvalue weighted by Crippen LogP contribution is -2.54. The molecule has 0 bridgehead atoms. The number of halogens is 1. The van der Waals surface area contributed by atoms with Crippen LogP contribution in [0.2, 0.25) is 0 Å². The molecular formula is C47H66FN7O8. The van der Waals surface area contributed by atoms with Gasteiger partial charge in [0.15, 0.2) is 0 Å². The number of hydrogen-bond donors (Lipinski definition) is 4. The summed E-state index contributed by atoms with van der Waals surface area (Å²) in [6.45, 7) is 2.32. The fourth-order valence-corrected chi connectivity index (χ4v) is 9.65. The van der Waals surface area contributed by atoms with E-state index in [1.807, 2.05) is 20.2 Å². The van der Waals surface area contributed by atoms with E-state index in [-0.39, 0.29) is 57.6 Å². The van der Waals surface area contributed by atoms with Crippen molar-refractivity contribution in [2.24, 2.45) is 5.92 Å². The zero-order valence-electron chi connectivity index (χ0n) is 35.5. The molecule has 0 radical (unpaired) electrons. The van der Waals surface area contributed by atoms with Crippen molar-refractivity contribution in [3.63, 3.8) is 0 Å². The zero-order chi connectivity index (χ0) is 44.0. The van der Waals surface area contributed by atoms with Crippen molar-refractivity contribution < 1.29 is 42.7 Å². The zero-order valence-corrected chi connectivity index (χ0v) is 35.5. The van der Waals surface area contributed by atoms with Crippen LogP contribution in [0.4, 0.5) is 10.1 Å². The first-order valence-electron chi connectivity index (χ1n) is 21.7. The van der Waals surface area contributed by atoms with Crippen LogP contribution >= 0.6 is 0 Å². The molecule has 2 saturated heterocycles. The van der Waals surface area contributed by atoms with Crippen molar-refractivity contribution in [3.8, 4) is 0 Å². The number of carbonyl (C=O) groups excluding carboxylic acids is 8. The van der Waals surface area contributed by atoms with Gasteiger partial charge in [0.25, 0.3) is 23.6 Å². The number of anilines is 1. The van der Waals surface area contributed by atoms with Crippen LogP contribution in [0.25, 0.3) is 0 Å². The predicted molar refractivity (Wildman–Crippen MR) is 237 cm³/mol. The number of nitrogens with one attached hydrogen (secondary N) is 4. The summed E-state index contributed by atoms with van der Waals surface area (Å²) in [4.78, 5) is 101. The molecule has 0 spiro atoms. The molecule has 6 atom stereocenters. The van der Waals surface area contributed by atoms with E-state index in [0.717, 1.165) is 52.4 Å². The molecule has 2 aliphatic carbocycles.